The smallest absolute Gasteiger partial charge is 0.333 e. The molecule has 0 bridgehead atoms. The van der Waals surface area contributed by atoms with Crippen LogP contribution in [0.2, 0.25) is 0 Å². The maximum atomic E-state index is 10.8. The summed E-state index contributed by atoms with van der Waals surface area (Å²) in [6.45, 7) is 3.40. The predicted octanol–water partition coefficient (Wildman–Crippen LogP) is 0.268. The van der Waals surface area contributed by atoms with E-state index in [2.05, 4.69) is 6.58 Å². The molecular formula is C7H10O4S. The maximum absolute atomic E-state index is 10.8. The number of aliphatic hydroxyl groups excluding tert-OH is 1. The van der Waals surface area contributed by atoms with E-state index in [4.69, 9.17) is 10.2 Å². The summed E-state index contributed by atoms with van der Waals surface area (Å²) in [5, 5.41) is 16.6. The summed E-state index contributed by atoms with van der Waals surface area (Å²) in [5.41, 5.74) is 0. The lowest BCUT2D eigenvalue weighted by Crippen LogP contribution is -2.22. The number of hydrogen-bond acceptors (Lipinski definition) is 4. The first-order chi connectivity index (χ1) is 5.57. The van der Waals surface area contributed by atoms with Gasteiger partial charge in [-0.2, -0.15) is 0 Å². The molecule has 1 atom stereocenters. The molecule has 2 N–H and O–H groups in total. The van der Waals surface area contributed by atoms with Gasteiger partial charge in [-0.15, -0.1) is 6.58 Å². The normalized spacial score (nSPS) is 12.1. The summed E-state index contributed by atoms with van der Waals surface area (Å²) < 4.78 is 0. The highest BCUT2D eigenvalue weighted by molar-refractivity contribution is 8.13. The molecule has 0 spiro atoms. The third-order valence-corrected chi connectivity index (χ3v) is 1.90. The highest BCUT2D eigenvalue weighted by Crippen LogP contribution is 2.07. The third-order valence-electron chi connectivity index (χ3n) is 1.01. The Labute approximate surface area is 74.3 Å². The van der Waals surface area contributed by atoms with Crippen LogP contribution in [0.4, 0.5) is 0 Å². The van der Waals surface area contributed by atoms with Crippen LogP contribution >= 0.6 is 11.8 Å². The first-order valence-electron chi connectivity index (χ1n) is 3.25. The van der Waals surface area contributed by atoms with E-state index >= 15 is 0 Å². The van der Waals surface area contributed by atoms with Crippen LogP contribution in [0, 0.1) is 0 Å². The van der Waals surface area contributed by atoms with Crippen LogP contribution in [-0.2, 0) is 9.59 Å². The molecule has 0 fully saturated rings. The number of hydrogen-bond donors (Lipinski definition) is 2. The largest absolute Gasteiger partial charge is 0.479 e. The van der Waals surface area contributed by atoms with Gasteiger partial charge in [0.05, 0.1) is 6.42 Å². The lowest BCUT2D eigenvalue weighted by atomic mass is 10.3. The second-order valence-corrected chi connectivity index (χ2v) is 3.11. The quantitative estimate of drug-likeness (QED) is 0.608. The van der Waals surface area contributed by atoms with Crippen molar-refractivity contribution >= 4 is 22.8 Å². The van der Waals surface area contributed by atoms with Gasteiger partial charge in [-0.25, -0.2) is 4.79 Å². The molecule has 12 heavy (non-hydrogen) atoms. The number of carbonyl (C=O) groups excluding carboxylic acids is 1. The van der Waals surface area contributed by atoms with Crippen molar-refractivity contribution in [2.75, 3.05) is 5.75 Å². The minimum Gasteiger partial charge on any atom is -0.479 e. The number of carbonyl (C=O) groups is 2. The van der Waals surface area contributed by atoms with E-state index in [9.17, 15) is 9.59 Å². The molecular weight excluding hydrogens is 180 g/mol. The molecule has 1 unspecified atom stereocenters. The van der Waals surface area contributed by atoms with Crippen LogP contribution < -0.4 is 0 Å². The highest BCUT2D eigenvalue weighted by Gasteiger charge is 2.17. The maximum Gasteiger partial charge on any atom is 0.333 e. The van der Waals surface area contributed by atoms with Gasteiger partial charge >= 0.3 is 5.97 Å². The molecule has 0 saturated heterocycles. The van der Waals surface area contributed by atoms with E-state index in [1.807, 2.05) is 0 Å². The Morgan fingerprint density at radius 3 is 2.58 bits per heavy atom. The Morgan fingerprint density at radius 2 is 2.17 bits per heavy atom. The van der Waals surface area contributed by atoms with Crippen LogP contribution in [0.15, 0.2) is 12.7 Å². The molecule has 0 amide bonds. The van der Waals surface area contributed by atoms with Crippen molar-refractivity contribution < 1.29 is 19.8 Å². The fourth-order valence-corrected chi connectivity index (χ4v) is 1.04. The first-order valence-corrected chi connectivity index (χ1v) is 4.24. The van der Waals surface area contributed by atoms with Crippen molar-refractivity contribution in [1.82, 2.24) is 0 Å². The Morgan fingerprint density at radius 1 is 1.58 bits per heavy atom. The van der Waals surface area contributed by atoms with E-state index in [0.29, 0.717) is 5.75 Å². The second-order valence-electron chi connectivity index (χ2n) is 2.03. The Balaban J connectivity index is 3.68. The molecule has 0 rings (SSSR count). The first kappa shape index (κ1) is 11.2. The molecule has 68 valence electrons. The van der Waals surface area contributed by atoms with Gasteiger partial charge in [-0.3, -0.25) is 4.79 Å². The van der Waals surface area contributed by atoms with Crippen molar-refractivity contribution in [3.63, 3.8) is 0 Å². The molecule has 0 aliphatic carbocycles. The summed E-state index contributed by atoms with van der Waals surface area (Å²) in [5.74, 6) is -0.937. The van der Waals surface area contributed by atoms with E-state index in [0.717, 1.165) is 11.8 Å². The zero-order valence-electron chi connectivity index (χ0n) is 6.40. The average Bonchev–Trinajstić information content (AvgIpc) is 2.00. The summed E-state index contributed by atoms with van der Waals surface area (Å²) in [7, 11) is 0. The fourth-order valence-electron chi connectivity index (χ4n) is 0.456. The van der Waals surface area contributed by atoms with Gasteiger partial charge in [0.2, 0.25) is 0 Å². The lowest BCUT2D eigenvalue weighted by molar-refractivity contribution is -0.148. The second kappa shape index (κ2) is 5.79. The molecule has 0 aliphatic heterocycles. The number of carboxylic acids is 1. The molecule has 0 aromatic carbocycles. The Hall–Kier alpha value is -0.810. The topological polar surface area (TPSA) is 74.6 Å². The number of carboxylic acid groups (broad SMARTS) is 1. The Kier molecular flexibility index (Phi) is 5.40. The van der Waals surface area contributed by atoms with Crippen molar-refractivity contribution in [3.8, 4) is 0 Å². The SMILES string of the molecule is C=CCSC(=O)CC(O)C(=O)O. The molecule has 0 aliphatic rings. The van der Waals surface area contributed by atoms with Crippen LogP contribution in [0.1, 0.15) is 6.42 Å². The number of thioether (sulfide) groups is 1. The Bertz CT molecular complexity index is 190. The van der Waals surface area contributed by atoms with E-state index in [1.165, 1.54) is 6.08 Å². The molecule has 4 nitrogen and oxygen atoms in total. The summed E-state index contributed by atoms with van der Waals surface area (Å²) in [6, 6.07) is 0. The van der Waals surface area contributed by atoms with Gasteiger partial charge in [0.25, 0.3) is 0 Å². The van der Waals surface area contributed by atoms with Crippen molar-refractivity contribution in [2.45, 2.75) is 12.5 Å². The minimum atomic E-state index is -1.59. The zero-order chi connectivity index (χ0) is 9.56. The third kappa shape index (κ3) is 4.92. The molecule has 0 heterocycles. The fraction of sp³-hybridized carbons (Fsp3) is 0.429. The predicted molar refractivity (Wildman–Crippen MR) is 45.9 cm³/mol. The number of aliphatic carboxylic acids is 1. The number of aliphatic hydroxyl groups is 1. The van der Waals surface area contributed by atoms with Gasteiger partial charge in [0.1, 0.15) is 0 Å². The van der Waals surface area contributed by atoms with E-state index in [-0.39, 0.29) is 11.5 Å². The van der Waals surface area contributed by atoms with Gasteiger partial charge in [0, 0.05) is 5.75 Å². The van der Waals surface area contributed by atoms with Gasteiger partial charge in [0.15, 0.2) is 11.2 Å². The van der Waals surface area contributed by atoms with Crippen molar-refractivity contribution in [1.29, 1.82) is 0 Å². The lowest BCUT2D eigenvalue weighted by Gasteiger charge is -2.01. The van der Waals surface area contributed by atoms with Crippen LogP contribution in [0.3, 0.4) is 0 Å². The molecule has 5 heteroatoms. The summed E-state index contributed by atoms with van der Waals surface area (Å²) in [4.78, 5) is 20.9. The van der Waals surface area contributed by atoms with Gasteiger partial charge in [-0.05, 0) is 0 Å². The zero-order valence-corrected chi connectivity index (χ0v) is 7.21. The average molecular weight is 190 g/mol. The summed E-state index contributed by atoms with van der Waals surface area (Å²) in [6.07, 6.45) is -0.404. The van der Waals surface area contributed by atoms with E-state index < -0.39 is 12.1 Å². The monoisotopic (exact) mass is 190 g/mol. The van der Waals surface area contributed by atoms with Crippen molar-refractivity contribution in [3.05, 3.63) is 12.7 Å². The van der Waals surface area contributed by atoms with Crippen LogP contribution in [0.25, 0.3) is 0 Å². The molecule has 0 aromatic heterocycles. The summed E-state index contributed by atoms with van der Waals surface area (Å²) >= 11 is 0.942. The van der Waals surface area contributed by atoms with Gasteiger partial charge in [-0.1, -0.05) is 17.8 Å². The minimum absolute atomic E-state index is 0.343. The van der Waals surface area contributed by atoms with Gasteiger partial charge < -0.3 is 10.2 Å². The van der Waals surface area contributed by atoms with Crippen LogP contribution in [0.5, 0.6) is 0 Å². The van der Waals surface area contributed by atoms with Crippen LogP contribution in [-0.4, -0.2) is 33.2 Å². The van der Waals surface area contributed by atoms with Crippen molar-refractivity contribution in [2.24, 2.45) is 0 Å². The molecule has 0 radical (unpaired) electrons. The molecule has 0 aromatic rings. The number of rotatable bonds is 5. The molecule has 0 saturated carbocycles. The standard InChI is InChI=1S/C7H10O4S/c1-2-3-12-6(9)4-5(8)7(10)11/h2,5,8H,1,3-4H2,(H,10,11). The highest BCUT2D eigenvalue weighted by atomic mass is 32.2. The van der Waals surface area contributed by atoms with E-state index in [1.54, 1.807) is 0 Å².